The largest absolute Gasteiger partial charge is 0.204 e. The molecule has 0 bridgehead atoms. The molecule has 2 aromatic carbocycles. The Morgan fingerprint density at radius 1 is 0.880 bits per heavy atom. The summed E-state index contributed by atoms with van der Waals surface area (Å²) in [7, 11) is 0.137. The lowest BCUT2D eigenvalue weighted by Crippen LogP contribution is -2.14. The number of hydrogen-bond acceptors (Lipinski definition) is 0. The predicted molar refractivity (Wildman–Crippen MR) is 105 cm³/mol. The number of unbranched alkanes of at least 4 members (excludes halogenated alkanes) is 1. The maximum atomic E-state index is 13.4. The first-order chi connectivity index (χ1) is 12.2. The second-order valence-corrected chi connectivity index (χ2v) is 9.90. The van der Waals surface area contributed by atoms with Gasteiger partial charge in [0.15, 0.2) is 11.6 Å². The van der Waals surface area contributed by atoms with E-state index in [9.17, 15) is 8.78 Å². The van der Waals surface area contributed by atoms with Crippen LogP contribution in [0.25, 0.3) is 11.1 Å². The van der Waals surface area contributed by atoms with Crippen LogP contribution in [0.2, 0.25) is 11.6 Å². The molecule has 0 N–H and O–H groups in total. The standard InChI is InChI=1S/C22H28F2Si/c1-2-3-14-25-20-11-8-17(9-12-20)16-4-6-18(7-5-16)19-10-13-21(23)22(24)15-19/h4-7,10,13,15,17,20H,2-3,8-9,11-12,14,25H2,1H3/t17-,20-. The van der Waals surface area contributed by atoms with Gasteiger partial charge in [0.1, 0.15) is 0 Å². The quantitative estimate of drug-likeness (QED) is 0.410. The maximum Gasteiger partial charge on any atom is 0.159 e. The number of halogens is 2. The molecule has 25 heavy (non-hydrogen) atoms. The summed E-state index contributed by atoms with van der Waals surface area (Å²) in [5, 5.41) is 0. The Morgan fingerprint density at radius 3 is 2.20 bits per heavy atom. The second-order valence-electron chi connectivity index (χ2n) is 7.46. The fourth-order valence-corrected chi connectivity index (χ4v) is 6.51. The molecule has 0 radical (unpaired) electrons. The number of rotatable bonds is 6. The Bertz CT molecular complexity index is 673. The average Bonchev–Trinajstić information content (AvgIpc) is 2.65. The summed E-state index contributed by atoms with van der Waals surface area (Å²) < 4.78 is 26.5. The van der Waals surface area contributed by atoms with E-state index >= 15 is 0 Å². The van der Waals surface area contributed by atoms with Crippen LogP contribution in [0.1, 0.15) is 56.9 Å². The summed E-state index contributed by atoms with van der Waals surface area (Å²) in [6.45, 7) is 2.29. The summed E-state index contributed by atoms with van der Waals surface area (Å²) >= 11 is 0. The smallest absolute Gasteiger partial charge is 0.159 e. The lowest BCUT2D eigenvalue weighted by Gasteiger charge is -2.28. The minimum Gasteiger partial charge on any atom is -0.204 e. The summed E-state index contributed by atoms with van der Waals surface area (Å²) in [6, 6.07) is 14.1. The highest BCUT2D eigenvalue weighted by atomic mass is 28.2. The van der Waals surface area contributed by atoms with Crippen molar-refractivity contribution in [3.63, 3.8) is 0 Å². The van der Waals surface area contributed by atoms with Crippen molar-refractivity contribution in [1.82, 2.24) is 0 Å². The molecule has 3 rings (SSSR count). The molecule has 2 aromatic rings. The van der Waals surface area contributed by atoms with E-state index in [1.807, 2.05) is 12.1 Å². The summed E-state index contributed by atoms with van der Waals surface area (Å²) in [5.74, 6) is -0.901. The van der Waals surface area contributed by atoms with Crippen LogP contribution in [0.5, 0.6) is 0 Å². The molecule has 134 valence electrons. The minimum absolute atomic E-state index is 0.137. The Balaban J connectivity index is 1.59. The molecule has 1 fully saturated rings. The molecule has 0 aromatic heterocycles. The van der Waals surface area contributed by atoms with E-state index in [0.29, 0.717) is 5.92 Å². The molecule has 0 unspecified atom stereocenters. The fraction of sp³-hybridized carbons (Fsp3) is 0.455. The number of hydrogen-bond donors (Lipinski definition) is 0. The zero-order chi connectivity index (χ0) is 17.6. The van der Waals surface area contributed by atoms with Gasteiger partial charge in [-0.2, -0.15) is 0 Å². The van der Waals surface area contributed by atoms with E-state index in [-0.39, 0.29) is 9.52 Å². The van der Waals surface area contributed by atoms with Gasteiger partial charge < -0.3 is 0 Å². The Morgan fingerprint density at radius 2 is 1.56 bits per heavy atom. The average molecular weight is 359 g/mol. The van der Waals surface area contributed by atoms with Gasteiger partial charge in [0.25, 0.3) is 0 Å². The summed E-state index contributed by atoms with van der Waals surface area (Å²) in [4.78, 5) is 0. The van der Waals surface area contributed by atoms with Gasteiger partial charge in [0.05, 0.1) is 0 Å². The molecule has 0 spiro atoms. The number of benzene rings is 2. The van der Waals surface area contributed by atoms with Gasteiger partial charge in [-0.1, -0.05) is 74.5 Å². The van der Waals surface area contributed by atoms with Gasteiger partial charge >= 0.3 is 0 Å². The van der Waals surface area contributed by atoms with Crippen LogP contribution < -0.4 is 0 Å². The van der Waals surface area contributed by atoms with Crippen LogP contribution in [0, 0.1) is 11.6 Å². The zero-order valence-corrected chi connectivity index (χ0v) is 16.5. The molecule has 0 saturated heterocycles. The third kappa shape index (κ3) is 4.78. The van der Waals surface area contributed by atoms with Crippen molar-refractivity contribution in [2.75, 3.05) is 0 Å². The normalized spacial score (nSPS) is 21.1. The molecular weight excluding hydrogens is 330 g/mol. The maximum absolute atomic E-state index is 13.4. The van der Waals surface area contributed by atoms with Crippen LogP contribution in [-0.4, -0.2) is 9.52 Å². The van der Waals surface area contributed by atoms with Crippen molar-refractivity contribution in [3.8, 4) is 11.1 Å². The van der Waals surface area contributed by atoms with E-state index in [0.717, 1.165) is 16.7 Å². The van der Waals surface area contributed by atoms with Crippen LogP contribution in [-0.2, 0) is 0 Å². The van der Waals surface area contributed by atoms with Crippen molar-refractivity contribution in [1.29, 1.82) is 0 Å². The Hall–Kier alpha value is -1.48. The van der Waals surface area contributed by atoms with Crippen molar-refractivity contribution in [3.05, 3.63) is 59.7 Å². The van der Waals surface area contributed by atoms with Gasteiger partial charge in [-0.3, -0.25) is 0 Å². The van der Waals surface area contributed by atoms with Gasteiger partial charge in [-0.05, 0) is 47.6 Å². The van der Waals surface area contributed by atoms with Gasteiger partial charge in [0.2, 0.25) is 0 Å². The first kappa shape index (κ1) is 18.3. The third-order valence-corrected chi connectivity index (χ3v) is 8.24. The Kier molecular flexibility index (Phi) is 6.41. The summed E-state index contributed by atoms with van der Waals surface area (Å²) in [5.41, 5.74) is 4.14. The molecule has 1 aliphatic carbocycles. The van der Waals surface area contributed by atoms with E-state index in [1.54, 1.807) is 6.07 Å². The van der Waals surface area contributed by atoms with Crippen molar-refractivity contribution in [2.24, 2.45) is 0 Å². The van der Waals surface area contributed by atoms with Gasteiger partial charge in [-0.25, -0.2) is 8.78 Å². The highest BCUT2D eigenvalue weighted by molar-refractivity contribution is 6.37. The van der Waals surface area contributed by atoms with Crippen LogP contribution in [0.3, 0.4) is 0 Å². The van der Waals surface area contributed by atoms with E-state index < -0.39 is 11.6 Å². The summed E-state index contributed by atoms with van der Waals surface area (Å²) in [6.07, 6.45) is 8.21. The molecule has 0 heterocycles. The molecule has 1 saturated carbocycles. The zero-order valence-electron chi connectivity index (χ0n) is 15.1. The molecule has 0 nitrogen and oxygen atoms in total. The van der Waals surface area contributed by atoms with Crippen molar-refractivity contribution >= 4 is 9.52 Å². The fourth-order valence-electron chi connectivity index (χ4n) is 4.09. The molecule has 0 aliphatic heterocycles. The topological polar surface area (TPSA) is 0 Å². The highest BCUT2D eigenvalue weighted by Gasteiger charge is 2.22. The van der Waals surface area contributed by atoms with Crippen LogP contribution in [0.15, 0.2) is 42.5 Å². The van der Waals surface area contributed by atoms with Crippen LogP contribution in [0.4, 0.5) is 8.78 Å². The van der Waals surface area contributed by atoms with Crippen molar-refractivity contribution in [2.45, 2.75) is 63.0 Å². The second kappa shape index (κ2) is 8.75. The molecular formula is C22H28F2Si. The van der Waals surface area contributed by atoms with E-state index in [4.69, 9.17) is 0 Å². The monoisotopic (exact) mass is 358 g/mol. The molecule has 3 heteroatoms. The van der Waals surface area contributed by atoms with E-state index in [1.165, 1.54) is 62.3 Å². The van der Waals surface area contributed by atoms with Gasteiger partial charge in [0, 0.05) is 9.52 Å². The first-order valence-corrected chi connectivity index (χ1v) is 11.5. The third-order valence-electron chi connectivity index (χ3n) is 5.70. The van der Waals surface area contributed by atoms with E-state index in [2.05, 4.69) is 19.1 Å². The molecule has 1 aliphatic rings. The lowest BCUT2D eigenvalue weighted by atomic mass is 9.83. The molecule has 0 amide bonds. The highest BCUT2D eigenvalue weighted by Crippen LogP contribution is 2.39. The lowest BCUT2D eigenvalue weighted by molar-refractivity contribution is 0.440. The van der Waals surface area contributed by atoms with Crippen LogP contribution >= 0.6 is 0 Å². The minimum atomic E-state index is -0.792. The predicted octanol–water partition coefficient (Wildman–Crippen LogP) is 6.47. The van der Waals surface area contributed by atoms with Crippen molar-refractivity contribution < 1.29 is 8.78 Å². The SMILES string of the molecule is CCCC[SiH2][C@H]1CC[C@H](c2ccc(-c3ccc(F)c(F)c3)cc2)CC1. The molecule has 0 atom stereocenters. The Labute approximate surface area is 152 Å². The first-order valence-electron chi connectivity index (χ1n) is 9.72. The van der Waals surface area contributed by atoms with Gasteiger partial charge in [-0.15, -0.1) is 0 Å².